The van der Waals surface area contributed by atoms with Crippen molar-refractivity contribution in [2.45, 2.75) is 26.1 Å². The smallest absolute Gasteiger partial charge is 0.312 e. The fourth-order valence-corrected chi connectivity index (χ4v) is 2.15. The van der Waals surface area contributed by atoms with E-state index in [2.05, 4.69) is 5.32 Å². The monoisotopic (exact) mass is 265 g/mol. The second-order valence-corrected chi connectivity index (χ2v) is 9.45. The Labute approximate surface area is 108 Å². The number of hydrogen-bond acceptors (Lipinski definition) is 3. The number of carbonyl (C=O) groups is 2. The Morgan fingerprint density at radius 1 is 1.17 bits per heavy atom. The van der Waals surface area contributed by atoms with Crippen LogP contribution in [0.5, 0.6) is 0 Å². The molecule has 0 aliphatic carbocycles. The molecule has 0 saturated carbocycles. The van der Waals surface area contributed by atoms with Crippen molar-refractivity contribution >= 4 is 20.2 Å². The van der Waals surface area contributed by atoms with Gasteiger partial charge in [-0.15, -0.1) is 0 Å². The second-order valence-electron chi connectivity index (χ2n) is 5.03. The third-order valence-electron chi connectivity index (χ3n) is 2.06. The number of amides is 1. The van der Waals surface area contributed by atoms with Gasteiger partial charge in [-0.05, 0) is 25.2 Å². The Kier molecular flexibility index (Phi) is 5.09. The molecular formula is C13H19NO3Si. The van der Waals surface area contributed by atoms with Gasteiger partial charge in [0.25, 0.3) is 0 Å². The van der Waals surface area contributed by atoms with E-state index in [1.165, 1.54) is 0 Å². The van der Waals surface area contributed by atoms with E-state index < -0.39 is 8.32 Å². The minimum atomic E-state index is -1.87. The molecule has 0 spiro atoms. The Morgan fingerprint density at radius 2 is 1.78 bits per heavy atom. The lowest BCUT2D eigenvalue weighted by Gasteiger charge is -2.17. The first-order chi connectivity index (χ1) is 8.37. The summed E-state index contributed by atoms with van der Waals surface area (Å²) < 4.78 is 5.22. The fraction of sp³-hybridized carbons (Fsp3) is 0.385. The van der Waals surface area contributed by atoms with E-state index in [1.54, 1.807) is 0 Å². The Morgan fingerprint density at radius 3 is 2.33 bits per heavy atom. The van der Waals surface area contributed by atoms with Gasteiger partial charge in [0.1, 0.15) is 6.54 Å². The molecule has 0 unspecified atom stereocenters. The summed E-state index contributed by atoms with van der Waals surface area (Å²) >= 11 is 0. The van der Waals surface area contributed by atoms with Gasteiger partial charge in [0.05, 0.1) is 6.42 Å². The first-order valence-corrected chi connectivity index (χ1v) is 9.30. The molecule has 18 heavy (non-hydrogen) atoms. The van der Waals surface area contributed by atoms with Crippen molar-refractivity contribution in [3.63, 3.8) is 0 Å². The van der Waals surface area contributed by atoms with Gasteiger partial charge in [0, 0.05) is 0 Å². The van der Waals surface area contributed by atoms with E-state index in [9.17, 15) is 9.59 Å². The van der Waals surface area contributed by atoms with Crippen molar-refractivity contribution in [2.75, 3.05) is 6.54 Å². The molecule has 1 amide bonds. The first kappa shape index (κ1) is 14.4. The molecule has 0 aliphatic heterocycles. The topological polar surface area (TPSA) is 55.4 Å². The molecule has 98 valence electrons. The summed E-state index contributed by atoms with van der Waals surface area (Å²) in [6, 6.07) is 9.40. The molecule has 0 bridgehead atoms. The number of nitrogens with one attached hydrogen (secondary N) is 1. The first-order valence-electron chi connectivity index (χ1n) is 5.89. The second kappa shape index (κ2) is 6.35. The highest BCUT2D eigenvalue weighted by Gasteiger charge is 2.19. The molecule has 1 N–H and O–H groups in total. The van der Waals surface area contributed by atoms with Crippen molar-refractivity contribution in [1.82, 2.24) is 5.32 Å². The SMILES string of the molecule is C[Si](C)(C)OC(=O)CNC(=O)Cc1ccccc1. The van der Waals surface area contributed by atoms with E-state index in [-0.39, 0.29) is 24.8 Å². The number of hydrogen-bond donors (Lipinski definition) is 1. The highest BCUT2D eigenvalue weighted by atomic mass is 28.4. The summed E-state index contributed by atoms with van der Waals surface area (Å²) in [5.41, 5.74) is 0.925. The molecule has 1 aromatic rings. The quantitative estimate of drug-likeness (QED) is 0.825. The van der Waals surface area contributed by atoms with Crippen LogP contribution in [0.15, 0.2) is 30.3 Å². The van der Waals surface area contributed by atoms with Crippen LogP contribution in [0.3, 0.4) is 0 Å². The summed E-state index contributed by atoms with van der Waals surface area (Å²) in [5.74, 6) is -0.538. The third-order valence-corrected chi connectivity index (χ3v) is 2.90. The van der Waals surface area contributed by atoms with Gasteiger partial charge in [-0.2, -0.15) is 0 Å². The fourth-order valence-electron chi connectivity index (χ4n) is 1.39. The summed E-state index contributed by atoms with van der Waals surface area (Å²) in [6.45, 7) is 5.72. The van der Waals surface area contributed by atoms with Gasteiger partial charge < -0.3 is 9.74 Å². The Hall–Kier alpha value is -1.62. The van der Waals surface area contributed by atoms with Crippen LogP contribution in [0.1, 0.15) is 5.56 Å². The average Bonchev–Trinajstić information content (AvgIpc) is 2.25. The van der Waals surface area contributed by atoms with Crippen molar-refractivity contribution in [1.29, 1.82) is 0 Å². The Balaban J connectivity index is 2.32. The van der Waals surface area contributed by atoms with Crippen LogP contribution in [-0.4, -0.2) is 26.7 Å². The standard InChI is InChI=1S/C13H19NO3Si/c1-18(2,3)17-13(16)10-14-12(15)9-11-7-5-4-6-8-11/h4-8H,9-10H2,1-3H3,(H,14,15). The lowest BCUT2D eigenvalue weighted by molar-refractivity contribution is -0.136. The number of carbonyl (C=O) groups excluding carboxylic acids is 2. The zero-order valence-electron chi connectivity index (χ0n) is 11.0. The average molecular weight is 265 g/mol. The highest BCUT2D eigenvalue weighted by Crippen LogP contribution is 2.02. The Bertz CT molecular complexity index is 412. The molecular weight excluding hydrogens is 246 g/mol. The largest absolute Gasteiger partial charge is 0.519 e. The molecule has 0 aromatic heterocycles. The minimum absolute atomic E-state index is 0.0596. The van der Waals surface area contributed by atoms with E-state index >= 15 is 0 Å². The summed E-state index contributed by atoms with van der Waals surface area (Å²) in [7, 11) is -1.87. The van der Waals surface area contributed by atoms with Gasteiger partial charge in [-0.3, -0.25) is 9.59 Å². The molecule has 1 rings (SSSR count). The highest BCUT2D eigenvalue weighted by molar-refractivity contribution is 6.71. The predicted octanol–water partition coefficient (Wildman–Crippen LogP) is 1.72. The normalized spacial score (nSPS) is 10.8. The molecule has 4 nitrogen and oxygen atoms in total. The summed E-state index contributed by atoms with van der Waals surface area (Å²) in [4.78, 5) is 23.0. The van der Waals surface area contributed by atoms with E-state index in [0.717, 1.165) is 5.56 Å². The minimum Gasteiger partial charge on any atom is -0.519 e. The molecule has 0 aliphatic rings. The maximum absolute atomic E-state index is 11.6. The zero-order chi connectivity index (χ0) is 13.6. The lowest BCUT2D eigenvalue weighted by atomic mass is 10.1. The van der Waals surface area contributed by atoms with Crippen LogP contribution in [0.2, 0.25) is 19.6 Å². The van der Waals surface area contributed by atoms with Gasteiger partial charge >= 0.3 is 5.97 Å². The molecule has 1 aromatic carbocycles. The van der Waals surface area contributed by atoms with Crippen LogP contribution in [0.4, 0.5) is 0 Å². The lowest BCUT2D eigenvalue weighted by Crippen LogP contribution is -2.37. The van der Waals surface area contributed by atoms with Crippen LogP contribution < -0.4 is 5.32 Å². The summed E-state index contributed by atoms with van der Waals surface area (Å²) in [5, 5.41) is 2.56. The number of benzene rings is 1. The van der Waals surface area contributed by atoms with Crippen molar-refractivity contribution in [3.05, 3.63) is 35.9 Å². The van der Waals surface area contributed by atoms with Crippen LogP contribution in [0, 0.1) is 0 Å². The maximum atomic E-state index is 11.6. The summed E-state index contributed by atoms with van der Waals surface area (Å²) in [6.07, 6.45) is 0.279. The van der Waals surface area contributed by atoms with E-state index in [0.29, 0.717) is 0 Å². The molecule has 0 fully saturated rings. The predicted molar refractivity (Wildman–Crippen MR) is 72.6 cm³/mol. The zero-order valence-corrected chi connectivity index (χ0v) is 12.0. The van der Waals surface area contributed by atoms with E-state index in [4.69, 9.17) is 4.43 Å². The number of rotatable bonds is 5. The van der Waals surface area contributed by atoms with E-state index in [1.807, 2.05) is 50.0 Å². The van der Waals surface area contributed by atoms with Crippen LogP contribution in [-0.2, 0) is 20.4 Å². The van der Waals surface area contributed by atoms with Gasteiger partial charge in [0.15, 0.2) is 0 Å². The molecule has 5 heteroatoms. The molecule has 0 atom stereocenters. The van der Waals surface area contributed by atoms with Gasteiger partial charge in [-0.1, -0.05) is 30.3 Å². The maximum Gasteiger partial charge on any atom is 0.312 e. The van der Waals surface area contributed by atoms with Crippen LogP contribution in [0.25, 0.3) is 0 Å². The van der Waals surface area contributed by atoms with Gasteiger partial charge in [-0.25, -0.2) is 0 Å². The molecule has 0 heterocycles. The van der Waals surface area contributed by atoms with Crippen molar-refractivity contribution in [2.24, 2.45) is 0 Å². The van der Waals surface area contributed by atoms with Crippen molar-refractivity contribution in [3.8, 4) is 0 Å². The molecule has 0 saturated heterocycles. The van der Waals surface area contributed by atoms with Gasteiger partial charge in [0.2, 0.25) is 14.2 Å². The third kappa shape index (κ3) is 6.20. The van der Waals surface area contributed by atoms with Crippen LogP contribution >= 0.6 is 0 Å². The van der Waals surface area contributed by atoms with Crippen molar-refractivity contribution < 1.29 is 14.0 Å². The molecule has 0 radical (unpaired) electrons.